The van der Waals surface area contributed by atoms with Gasteiger partial charge in [0.15, 0.2) is 11.7 Å². The lowest BCUT2D eigenvalue weighted by atomic mass is 10.3. The minimum atomic E-state index is -0.648. The molecule has 2 aromatic heterocycles. The molecular formula is C11H7BrClN3O3S. The Bertz CT molecular complexity index is 632. The van der Waals surface area contributed by atoms with Gasteiger partial charge < -0.3 is 4.74 Å². The number of nitrogens with one attached hydrogen (secondary N) is 1. The van der Waals surface area contributed by atoms with E-state index < -0.39 is 18.5 Å². The Morgan fingerprint density at radius 3 is 2.75 bits per heavy atom. The van der Waals surface area contributed by atoms with Crippen LogP contribution in [0.3, 0.4) is 0 Å². The normalized spacial score (nSPS) is 10.1. The van der Waals surface area contributed by atoms with Crippen molar-refractivity contribution in [2.45, 2.75) is 0 Å². The van der Waals surface area contributed by atoms with Gasteiger partial charge >= 0.3 is 5.97 Å². The molecule has 0 spiro atoms. The average Bonchev–Trinajstić information content (AvgIpc) is 2.82. The lowest BCUT2D eigenvalue weighted by Crippen LogP contribution is -2.20. The molecule has 104 valence electrons. The lowest BCUT2D eigenvalue weighted by Gasteiger charge is -2.04. The van der Waals surface area contributed by atoms with Crippen LogP contribution in [-0.2, 0) is 9.53 Å². The molecule has 2 rings (SSSR count). The summed E-state index contributed by atoms with van der Waals surface area (Å²) in [6, 6.07) is 2.93. The van der Waals surface area contributed by atoms with Gasteiger partial charge in [-0.25, -0.2) is 14.8 Å². The Hall–Kier alpha value is -1.51. The van der Waals surface area contributed by atoms with Crippen LogP contribution >= 0.6 is 38.9 Å². The van der Waals surface area contributed by atoms with Crippen molar-refractivity contribution in [2.24, 2.45) is 0 Å². The minimum absolute atomic E-state index is 0.221. The van der Waals surface area contributed by atoms with Crippen LogP contribution in [0, 0.1) is 0 Å². The zero-order valence-corrected chi connectivity index (χ0v) is 13.0. The number of esters is 1. The van der Waals surface area contributed by atoms with Crippen molar-refractivity contribution >= 4 is 55.9 Å². The molecule has 6 nitrogen and oxygen atoms in total. The zero-order valence-electron chi connectivity index (χ0n) is 9.80. The van der Waals surface area contributed by atoms with Gasteiger partial charge in [0.1, 0.15) is 5.15 Å². The highest BCUT2D eigenvalue weighted by molar-refractivity contribution is 9.11. The van der Waals surface area contributed by atoms with E-state index in [0.29, 0.717) is 5.13 Å². The maximum absolute atomic E-state index is 11.6. The maximum atomic E-state index is 11.6. The molecule has 1 amide bonds. The maximum Gasteiger partial charge on any atom is 0.340 e. The Labute approximate surface area is 131 Å². The highest BCUT2D eigenvalue weighted by Crippen LogP contribution is 2.22. The van der Waals surface area contributed by atoms with E-state index in [-0.39, 0.29) is 10.7 Å². The molecule has 2 heterocycles. The number of nitrogens with zero attached hydrogens (tertiary/aromatic N) is 2. The molecule has 0 aliphatic rings. The predicted molar refractivity (Wildman–Crippen MR) is 78.0 cm³/mol. The van der Waals surface area contributed by atoms with Crippen LogP contribution in [0.15, 0.2) is 28.3 Å². The number of pyridine rings is 1. The Balaban J connectivity index is 1.84. The Morgan fingerprint density at radius 1 is 1.35 bits per heavy atom. The molecule has 2 aromatic rings. The fourth-order valence-electron chi connectivity index (χ4n) is 1.18. The quantitative estimate of drug-likeness (QED) is 0.655. The molecule has 20 heavy (non-hydrogen) atoms. The van der Waals surface area contributed by atoms with Crippen LogP contribution in [0.1, 0.15) is 10.4 Å². The van der Waals surface area contributed by atoms with Crippen LogP contribution < -0.4 is 5.32 Å². The van der Waals surface area contributed by atoms with Gasteiger partial charge in [-0.05, 0) is 28.1 Å². The number of hydrogen-bond donors (Lipinski definition) is 1. The van der Waals surface area contributed by atoms with Gasteiger partial charge in [0.2, 0.25) is 0 Å². The van der Waals surface area contributed by atoms with E-state index >= 15 is 0 Å². The SMILES string of the molecule is O=C(COC(=O)c1ccc(Cl)nc1)Nc1ncc(Br)s1. The summed E-state index contributed by atoms with van der Waals surface area (Å²) in [6.07, 6.45) is 2.84. The summed E-state index contributed by atoms with van der Waals surface area (Å²) in [7, 11) is 0. The molecule has 0 fully saturated rings. The number of thiazole rings is 1. The van der Waals surface area contributed by atoms with Crippen LogP contribution in [0.5, 0.6) is 0 Å². The summed E-state index contributed by atoms with van der Waals surface area (Å²) in [4.78, 5) is 30.8. The van der Waals surface area contributed by atoms with Crippen LogP contribution in [-0.4, -0.2) is 28.5 Å². The first-order chi connectivity index (χ1) is 9.54. The van der Waals surface area contributed by atoms with Crippen molar-refractivity contribution in [3.8, 4) is 0 Å². The monoisotopic (exact) mass is 375 g/mol. The number of hydrogen-bond acceptors (Lipinski definition) is 6. The van der Waals surface area contributed by atoms with Crippen LogP contribution in [0.25, 0.3) is 0 Å². The summed E-state index contributed by atoms with van der Waals surface area (Å²) >= 11 is 10.1. The van der Waals surface area contributed by atoms with E-state index in [1.165, 1.54) is 29.7 Å². The minimum Gasteiger partial charge on any atom is -0.452 e. The molecular weight excluding hydrogens is 370 g/mol. The van der Waals surface area contributed by atoms with Crippen molar-refractivity contribution in [3.05, 3.63) is 39.0 Å². The molecule has 0 aromatic carbocycles. The predicted octanol–water partition coefficient (Wildman–Crippen LogP) is 2.75. The summed E-state index contributed by atoms with van der Waals surface area (Å²) in [5.41, 5.74) is 0.221. The summed E-state index contributed by atoms with van der Waals surface area (Å²) in [5.74, 6) is -1.12. The third kappa shape index (κ3) is 4.26. The van der Waals surface area contributed by atoms with Gasteiger partial charge in [-0.3, -0.25) is 10.1 Å². The fraction of sp³-hybridized carbons (Fsp3) is 0.0909. The average molecular weight is 377 g/mol. The number of carbonyl (C=O) groups excluding carboxylic acids is 2. The van der Waals surface area contributed by atoms with Crippen molar-refractivity contribution in [3.63, 3.8) is 0 Å². The molecule has 0 aliphatic heterocycles. The van der Waals surface area contributed by atoms with Gasteiger partial charge in [0, 0.05) is 6.20 Å². The molecule has 0 aliphatic carbocycles. The summed E-state index contributed by atoms with van der Waals surface area (Å²) in [5, 5.41) is 3.20. The van der Waals surface area contributed by atoms with Gasteiger partial charge in [-0.1, -0.05) is 22.9 Å². The van der Waals surface area contributed by atoms with Crippen molar-refractivity contribution < 1.29 is 14.3 Å². The molecule has 9 heteroatoms. The molecule has 1 N–H and O–H groups in total. The molecule has 0 unspecified atom stereocenters. The first-order valence-corrected chi connectivity index (χ1v) is 7.23. The van der Waals surface area contributed by atoms with Gasteiger partial charge in [-0.15, -0.1) is 0 Å². The first kappa shape index (κ1) is 14.9. The van der Waals surface area contributed by atoms with E-state index in [0.717, 1.165) is 3.79 Å². The number of ether oxygens (including phenoxy) is 1. The van der Waals surface area contributed by atoms with Crippen molar-refractivity contribution in [1.82, 2.24) is 9.97 Å². The Kier molecular flexibility index (Phi) is 5.05. The van der Waals surface area contributed by atoms with E-state index in [2.05, 4.69) is 31.2 Å². The highest BCUT2D eigenvalue weighted by Gasteiger charge is 2.11. The van der Waals surface area contributed by atoms with Crippen molar-refractivity contribution in [1.29, 1.82) is 0 Å². The topological polar surface area (TPSA) is 81.2 Å². The number of halogens is 2. The van der Waals surface area contributed by atoms with Gasteiger partial charge in [0.25, 0.3) is 5.91 Å². The molecule has 0 atom stereocenters. The van der Waals surface area contributed by atoms with E-state index in [1.54, 1.807) is 6.20 Å². The molecule has 0 radical (unpaired) electrons. The first-order valence-electron chi connectivity index (χ1n) is 5.24. The smallest absolute Gasteiger partial charge is 0.340 e. The van der Waals surface area contributed by atoms with Crippen LogP contribution in [0.2, 0.25) is 5.15 Å². The highest BCUT2D eigenvalue weighted by atomic mass is 79.9. The zero-order chi connectivity index (χ0) is 14.5. The fourth-order valence-corrected chi connectivity index (χ4v) is 2.41. The largest absolute Gasteiger partial charge is 0.452 e. The third-order valence-electron chi connectivity index (χ3n) is 2.02. The summed E-state index contributed by atoms with van der Waals surface area (Å²) in [6.45, 7) is -0.404. The number of amides is 1. The Morgan fingerprint density at radius 2 is 2.15 bits per heavy atom. The number of anilines is 1. The second-order valence-corrected chi connectivity index (χ2v) is 6.26. The second kappa shape index (κ2) is 6.78. The number of carbonyl (C=O) groups is 2. The van der Waals surface area contributed by atoms with Gasteiger partial charge in [-0.2, -0.15) is 0 Å². The van der Waals surface area contributed by atoms with Crippen LogP contribution in [0.4, 0.5) is 5.13 Å². The lowest BCUT2D eigenvalue weighted by molar-refractivity contribution is -0.119. The van der Waals surface area contributed by atoms with E-state index in [9.17, 15) is 9.59 Å². The van der Waals surface area contributed by atoms with E-state index in [4.69, 9.17) is 16.3 Å². The summed E-state index contributed by atoms with van der Waals surface area (Å²) < 4.78 is 5.63. The molecule has 0 saturated carbocycles. The second-order valence-electron chi connectivity index (χ2n) is 3.46. The van der Waals surface area contributed by atoms with E-state index in [1.807, 2.05) is 0 Å². The standard InChI is InChI=1S/C11H7BrClN3O3S/c12-7-4-15-11(20-7)16-9(17)5-19-10(18)6-1-2-8(13)14-3-6/h1-4H,5H2,(H,15,16,17). The molecule has 0 bridgehead atoms. The molecule has 0 saturated heterocycles. The number of rotatable bonds is 4. The third-order valence-corrected chi connectivity index (χ3v) is 3.64. The number of aromatic nitrogens is 2. The van der Waals surface area contributed by atoms with Gasteiger partial charge in [0.05, 0.1) is 15.5 Å². The van der Waals surface area contributed by atoms with Crippen molar-refractivity contribution in [2.75, 3.05) is 11.9 Å².